The number of rotatable bonds is 4. The van der Waals surface area contributed by atoms with Gasteiger partial charge >= 0.3 is 0 Å². The van der Waals surface area contributed by atoms with Crippen molar-refractivity contribution in [3.63, 3.8) is 0 Å². The van der Waals surface area contributed by atoms with Gasteiger partial charge in [-0.05, 0) is 67.6 Å². The molecule has 126 valence electrons. The van der Waals surface area contributed by atoms with Crippen LogP contribution in [0, 0.1) is 0 Å². The first-order valence-corrected chi connectivity index (χ1v) is 9.28. The molecule has 2 aromatic carbocycles. The number of nitrogens with zero attached hydrogens (tertiary/aromatic N) is 1. The van der Waals surface area contributed by atoms with Crippen LogP contribution in [0.5, 0.6) is 0 Å². The molecule has 0 radical (unpaired) electrons. The van der Waals surface area contributed by atoms with E-state index in [1.807, 2.05) is 12.1 Å². The lowest BCUT2D eigenvalue weighted by Crippen LogP contribution is -2.37. The smallest absolute Gasteiger partial charge is 0.0406 e. The molecule has 1 aliphatic rings. The molecule has 1 nitrogen and oxygen atoms in total. The number of halogens is 1. The summed E-state index contributed by atoms with van der Waals surface area (Å²) in [6.07, 6.45) is 6.43. The minimum Gasteiger partial charge on any atom is -0.297 e. The van der Waals surface area contributed by atoms with Gasteiger partial charge in [0.15, 0.2) is 0 Å². The van der Waals surface area contributed by atoms with Crippen LogP contribution in [0.1, 0.15) is 38.7 Å². The first kappa shape index (κ1) is 17.3. The van der Waals surface area contributed by atoms with E-state index in [-0.39, 0.29) is 0 Å². The zero-order chi connectivity index (χ0) is 16.9. The Balaban J connectivity index is 1.68. The average Bonchev–Trinajstić information content (AvgIpc) is 2.62. The summed E-state index contributed by atoms with van der Waals surface area (Å²) in [6, 6.07) is 17.6. The molecule has 0 bridgehead atoms. The summed E-state index contributed by atoms with van der Waals surface area (Å²) < 4.78 is 0. The quantitative estimate of drug-likeness (QED) is 0.633. The Kier molecular flexibility index (Phi) is 5.76. The third kappa shape index (κ3) is 4.28. The van der Waals surface area contributed by atoms with Gasteiger partial charge in [-0.15, -0.1) is 0 Å². The van der Waals surface area contributed by atoms with Crippen LogP contribution in [0.3, 0.4) is 0 Å². The summed E-state index contributed by atoms with van der Waals surface area (Å²) in [4.78, 5) is 2.59. The Morgan fingerprint density at radius 1 is 1.04 bits per heavy atom. The largest absolute Gasteiger partial charge is 0.297 e. The highest BCUT2D eigenvalue weighted by atomic mass is 35.5. The number of hydrogen-bond donors (Lipinski definition) is 0. The standard InChI is InChI=1S/C22H26ClN/c1-17(14-16-24-15-4-3-5-18(24)2)19-6-8-20(9-7-19)21-10-12-22(23)13-11-21/h6-14,18H,3-5,15-16H2,1-2H3/b17-14-. The van der Waals surface area contributed by atoms with Crippen molar-refractivity contribution in [1.29, 1.82) is 0 Å². The van der Waals surface area contributed by atoms with Crippen LogP contribution in [0.2, 0.25) is 5.02 Å². The zero-order valence-electron chi connectivity index (χ0n) is 14.6. The molecular formula is C22H26ClN. The third-order valence-electron chi connectivity index (χ3n) is 5.09. The Hall–Kier alpha value is -1.57. The topological polar surface area (TPSA) is 3.24 Å². The summed E-state index contributed by atoms with van der Waals surface area (Å²) in [5.41, 5.74) is 5.09. The highest BCUT2D eigenvalue weighted by Crippen LogP contribution is 2.24. The van der Waals surface area contributed by atoms with Gasteiger partial charge in [-0.3, -0.25) is 4.90 Å². The molecular weight excluding hydrogens is 314 g/mol. The molecule has 24 heavy (non-hydrogen) atoms. The summed E-state index contributed by atoms with van der Waals surface area (Å²) in [7, 11) is 0. The van der Waals surface area contributed by atoms with Crippen molar-refractivity contribution in [2.24, 2.45) is 0 Å². The SMILES string of the molecule is C/C(=C/CN1CCCCC1C)c1ccc(-c2ccc(Cl)cc2)cc1. The molecule has 1 heterocycles. The molecule has 3 rings (SSSR count). The number of piperidine rings is 1. The fraction of sp³-hybridized carbons (Fsp3) is 0.364. The fourth-order valence-corrected chi connectivity index (χ4v) is 3.49. The molecule has 2 aromatic rings. The minimum absolute atomic E-state index is 0.718. The first-order chi connectivity index (χ1) is 11.6. The lowest BCUT2D eigenvalue weighted by Gasteiger charge is -2.32. The zero-order valence-corrected chi connectivity index (χ0v) is 15.4. The predicted octanol–water partition coefficient (Wildman–Crippen LogP) is 6.28. The van der Waals surface area contributed by atoms with Crippen LogP contribution in [0.25, 0.3) is 16.7 Å². The van der Waals surface area contributed by atoms with Crippen molar-refractivity contribution < 1.29 is 0 Å². The van der Waals surface area contributed by atoms with Crippen LogP contribution < -0.4 is 0 Å². The summed E-state index contributed by atoms with van der Waals surface area (Å²) in [5.74, 6) is 0. The van der Waals surface area contributed by atoms with Gasteiger partial charge in [0.1, 0.15) is 0 Å². The maximum atomic E-state index is 5.96. The van der Waals surface area contributed by atoms with Crippen LogP contribution in [0.15, 0.2) is 54.6 Å². The third-order valence-corrected chi connectivity index (χ3v) is 5.34. The van der Waals surface area contributed by atoms with E-state index >= 15 is 0 Å². The van der Waals surface area contributed by atoms with E-state index in [2.05, 4.69) is 61.2 Å². The van der Waals surface area contributed by atoms with Crippen LogP contribution in [0.4, 0.5) is 0 Å². The fourth-order valence-electron chi connectivity index (χ4n) is 3.37. The first-order valence-electron chi connectivity index (χ1n) is 8.90. The van der Waals surface area contributed by atoms with Gasteiger partial charge in [0, 0.05) is 17.6 Å². The second-order valence-electron chi connectivity index (χ2n) is 6.81. The van der Waals surface area contributed by atoms with E-state index in [0.717, 1.165) is 17.6 Å². The van der Waals surface area contributed by atoms with Gasteiger partial charge < -0.3 is 0 Å². The van der Waals surface area contributed by atoms with Crippen molar-refractivity contribution in [3.05, 3.63) is 65.2 Å². The van der Waals surface area contributed by atoms with E-state index in [9.17, 15) is 0 Å². The van der Waals surface area contributed by atoms with Gasteiger partial charge in [0.05, 0.1) is 0 Å². The van der Waals surface area contributed by atoms with E-state index in [4.69, 9.17) is 11.6 Å². The van der Waals surface area contributed by atoms with E-state index in [1.54, 1.807) is 0 Å². The van der Waals surface area contributed by atoms with E-state index in [1.165, 1.54) is 48.1 Å². The Bertz CT molecular complexity index is 685. The highest BCUT2D eigenvalue weighted by molar-refractivity contribution is 6.30. The molecule has 1 aliphatic heterocycles. The molecule has 1 saturated heterocycles. The van der Waals surface area contributed by atoms with Gasteiger partial charge in [-0.2, -0.15) is 0 Å². The number of likely N-dealkylation sites (tertiary alicyclic amines) is 1. The molecule has 2 heteroatoms. The number of hydrogen-bond acceptors (Lipinski definition) is 1. The molecule has 0 aromatic heterocycles. The average molecular weight is 340 g/mol. The normalized spacial score (nSPS) is 19.5. The van der Waals surface area contributed by atoms with Crippen molar-refractivity contribution in [2.45, 2.75) is 39.2 Å². The van der Waals surface area contributed by atoms with Crippen LogP contribution in [-0.2, 0) is 0 Å². The summed E-state index contributed by atoms with van der Waals surface area (Å²) in [5, 5.41) is 0.779. The molecule has 0 amide bonds. The van der Waals surface area contributed by atoms with Crippen molar-refractivity contribution in [2.75, 3.05) is 13.1 Å². The molecule has 0 spiro atoms. The molecule has 1 unspecified atom stereocenters. The van der Waals surface area contributed by atoms with Crippen LogP contribution in [-0.4, -0.2) is 24.0 Å². The van der Waals surface area contributed by atoms with Crippen molar-refractivity contribution >= 4 is 17.2 Å². The molecule has 0 saturated carbocycles. The summed E-state index contributed by atoms with van der Waals surface area (Å²) >= 11 is 5.96. The maximum Gasteiger partial charge on any atom is 0.0406 e. The molecule has 0 aliphatic carbocycles. The van der Waals surface area contributed by atoms with Gasteiger partial charge in [0.2, 0.25) is 0 Å². The van der Waals surface area contributed by atoms with E-state index < -0.39 is 0 Å². The lowest BCUT2D eigenvalue weighted by atomic mass is 10.00. The Morgan fingerprint density at radius 3 is 2.29 bits per heavy atom. The van der Waals surface area contributed by atoms with Crippen molar-refractivity contribution in [3.8, 4) is 11.1 Å². The minimum atomic E-state index is 0.718. The van der Waals surface area contributed by atoms with Crippen molar-refractivity contribution in [1.82, 2.24) is 4.90 Å². The molecule has 1 fully saturated rings. The summed E-state index contributed by atoms with van der Waals surface area (Å²) in [6.45, 7) is 6.86. The number of benzene rings is 2. The molecule has 0 N–H and O–H groups in total. The van der Waals surface area contributed by atoms with Crippen LogP contribution >= 0.6 is 11.6 Å². The lowest BCUT2D eigenvalue weighted by molar-refractivity contribution is 0.179. The van der Waals surface area contributed by atoms with Gasteiger partial charge in [0.25, 0.3) is 0 Å². The van der Waals surface area contributed by atoms with Gasteiger partial charge in [-0.25, -0.2) is 0 Å². The maximum absolute atomic E-state index is 5.96. The Labute approximate surface area is 151 Å². The van der Waals surface area contributed by atoms with Gasteiger partial charge in [-0.1, -0.05) is 60.5 Å². The predicted molar refractivity (Wildman–Crippen MR) is 105 cm³/mol. The second kappa shape index (κ2) is 8.00. The monoisotopic (exact) mass is 339 g/mol. The molecule has 1 atom stereocenters. The second-order valence-corrected chi connectivity index (χ2v) is 7.25. The number of allylic oxidation sites excluding steroid dienone is 1. The highest BCUT2D eigenvalue weighted by Gasteiger charge is 2.16. The van der Waals surface area contributed by atoms with E-state index in [0.29, 0.717) is 0 Å². The Morgan fingerprint density at radius 2 is 1.67 bits per heavy atom.